The van der Waals surface area contributed by atoms with E-state index < -0.39 is 11.2 Å². The van der Waals surface area contributed by atoms with Gasteiger partial charge in [-0.2, -0.15) is 4.98 Å². The first-order chi connectivity index (χ1) is 12.0. The summed E-state index contributed by atoms with van der Waals surface area (Å²) in [6.07, 6.45) is 1.51. The minimum atomic E-state index is -0.460. The molecule has 0 bridgehead atoms. The fourth-order valence-corrected chi connectivity index (χ4v) is 2.98. The molecule has 0 unspecified atom stereocenters. The Bertz CT molecular complexity index is 1290. The number of aryl methyl sites for hydroxylation is 1. The lowest BCUT2D eigenvalue weighted by molar-refractivity contribution is 0.708. The zero-order chi connectivity index (χ0) is 17.7. The summed E-state index contributed by atoms with van der Waals surface area (Å²) in [7, 11) is 2.97. The van der Waals surface area contributed by atoms with Crippen molar-refractivity contribution in [3.63, 3.8) is 0 Å². The molecule has 0 fully saturated rings. The van der Waals surface area contributed by atoms with Gasteiger partial charge in [-0.05, 0) is 5.56 Å². The highest BCUT2D eigenvalue weighted by Crippen LogP contribution is 2.11. The van der Waals surface area contributed by atoms with Crippen molar-refractivity contribution in [3.05, 3.63) is 79.4 Å². The van der Waals surface area contributed by atoms with Gasteiger partial charge in [0.05, 0.1) is 6.54 Å². The Labute approximate surface area is 140 Å². The number of hydrogen-bond donors (Lipinski definition) is 0. The van der Waals surface area contributed by atoms with Crippen LogP contribution in [0.2, 0.25) is 0 Å². The van der Waals surface area contributed by atoms with Crippen molar-refractivity contribution >= 4 is 16.9 Å². The van der Waals surface area contributed by atoms with E-state index >= 15 is 0 Å². The zero-order valence-corrected chi connectivity index (χ0v) is 13.7. The third-order valence-electron chi connectivity index (χ3n) is 4.33. The molecule has 0 aliphatic carbocycles. The average molecular weight is 337 g/mol. The number of hydrogen-bond acceptors (Lipinski definition) is 4. The Morgan fingerprint density at radius 2 is 1.68 bits per heavy atom. The number of rotatable bonds is 2. The highest BCUT2D eigenvalue weighted by Gasteiger charge is 2.17. The number of nitrogens with zero attached hydrogens (tertiary/aromatic N) is 5. The molecule has 1 aromatic carbocycles. The summed E-state index contributed by atoms with van der Waals surface area (Å²) >= 11 is 0. The van der Waals surface area contributed by atoms with Gasteiger partial charge in [-0.1, -0.05) is 30.3 Å². The van der Waals surface area contributed by atoms with Crippen LogP contribution in [-0.4, -0.2) is 23.1 Å². The van der Waals surface area contributed by atoms with E-state index in [0.29, 0.717) is 12.3 Å². The minimum absolute atomic E-state index is 0.228. The van der Waals surface area contributed by atoms with Gasteiger partial charge in [0.25, 0.3) is 11.1 Å². The third kappa shape index (κ3) is 2.14. The SMILES string of the molecule is Cn1c(=O)c2c(nc3n(Cc4ccccc4)c(=O)ccn23)n(C)c1=O. The molecular formula is C17H15N5O3. The summed E-state index contributed by atoms with van der Waals surface area (Å²) < 4.78 is 5.38. The first-order valence-corrected chi connectivity index (χ1v) is 7.70. The number of imidazole rings is 1. The van der Waals surface area contributed by atoms with Gasteiger partial charge in [0.2, 0.25) is 5.78 Å². The maximum Gasteiger partial charge on any atom is 0.332 e. The monoisotopic (exact) mass is 337 g/mol. The van der Waals surface area contributed by atoms with Crippen molar-refractivity contribution in [2.75, 3.05) is 0 Å². The number of aromatic nitrogens is 5. The van der Waals surface area contributed by atoms with Crippen molar-refractivity contribution in [2.45, 2.75) is 6.54 Å². The third-order valence-corrected chi connectivity index (χ3v) is 4.33. The smallest absolute Gasteiger partial charge is 0.279 e. The first kappa shape index (κ1) is 15.1. The van der Waals surface area contributed by atoms with Crippen LogP contribution in [0.15, 0.2) is 57.0 Å². The Morgan fingerprint density at radius 1 is 0.960 bits per heavy atom. The highest BCUT2D eigenvalue weighted by atomic mass is 16.2. The van der Waals surface area contributed by atoms with Gasteiger partial charge >= 0.3 is 5.69 Å². The van der Waals surface area contributed by atoms with Crippen LogP contribution in [0.5, 0.6) is 0 Å². The van der Waals surface area contributed by atoms with Crippen molar-refractivity contribution in [1.29, 1.82) is 0 Å². The van der Waals surface area contributed by atoms with E-state index in [1.165, 1.54) is 28.4 Å². The molecule has 0 aliphatic heterocycles. The van der Waals surface area contributed by atoms with Crippen molar-refractivity contribution in [1.82, 2.24) is 23.1 Å². The van der Waals surface area contributed by atoms with Gasteiger partial charge in [0.15, 0.2) is 11.2 Å². The molecule has 8 heteroatoms. The first-order valence-electron chi connectivity index (χ1n) is 7.70. The zero-order valence-electron chi connectivity index (χ0n) is 13.7. The fourth-order valence-electron chi connectivity index (χ4n) is 2.98. The summed E-state index contributed by atoms with van der Waals surface area (Å²) in [5.74, 6) is 0.324. The van der Waals surface area contributed by atoms with E-state index in [0.717, 1.165) is 10.1 Å². The predicted octanol–water partition coefficient (Wildman–Crippen LogP) is 0.0949. The average Bonchev–Trinajstić information content (AvgIpc) is 3.01. The minimum Gasteiger partial charge on any atom is -0.279 e. The van der Waals surface area contributed by atoms with Crippen molar-refractivity contribution in [2.24, 2.45) is 14.1 Å². The maximum absolute atomic E-state index is 12.5. The molecule has 3 heterocycles. The van der Waals surface area contributed by atoms with Crippen LogP contribution in [0.25, 0.3) is 16.9 Å². The molecule has 25 heavy (non-hydrogen) atoms. The van der Waals surface area contributed by atoms with Crippen molar-refractivity contribution < 1.29 is 0 Å². The molecule has 4 rings (SSSR count). The Morgan fingerprint density at radius 3 is 2.40 bits per heavy atom. The molecule has 126 valence electrons. The van der Waals surface area contributed by atoms with Gasteiger partial charge < -0.3 is 0 Å². The van der Waals surface area contributed by atoms with Gasteiger partial charge in [-0.25, -0.2) is 4.79 Å². The standard InChI is InChI=1S/C17H15N5O3/c1-19-14-13(15(24)20(2)17(19)25)21-9-8-12(23)22(16(21)18-14)10-11-6-4-3-5-7-11/h3-9H,10H2,1-2H3. The number of fused-ring (bicyclic) bond motifs is 3. The van der Waals surface area contributed by atoms with Crippen molar-refractivity contribution in [3.8, 4) is 0 Å². The van der Waals surface area contributed by atoms with Gasteiger partial charge in [-0.3, -0.25) is 27.7 Å². The van der Waals surface area contributed by atoms with Crippen LogP contribution in [0.1, 0.15) is 5.56 Å². The summed E-state index contributed by atoms with van der Waals surface area (Å²) in [4.78, 5) is 41.4. The summed E-state index contributed by atoms with van der Waals surface area (Å²) in [6.45, 7) is 0.321. The molecule has 3 aromatic heterocycles. The van der Waals surface area contributed by atoms with Crippen LogP contribution in [0.3, 0.4) is 0 Å². The molecule has 0 radical (unpaired) electrons. The Kier molecular flexibility index (Phi) is 3.21. The molecular weight excluding hydrogens is 322 g/mol. The van der Waals surface area contributed by atoms with E-state index in [4.69, 9.17) is 0 Å². The van der Waals surface area contributed by atoms with Crippen LogP contribution < -0.4 is 16.8 Å². The second kappa shape index (κ2) is 5.30. The summed E-state index contributed by atoms with van der Waals surface area (Å²) in [5.41, 5.74) is 0.315. The largest absolute Gasteiger partial charge is 0.332 e. The van der Waals surface area contributed by atoms with Gasteiger partial charge in [0.1, 0.15) is 0 Å². The number of benzene rings is 1. The van der Waals surface area contributed by atoms with E-state index in [-0.39, 0.29) is 16.7 Å². The highest BCUT2D eigenvalue weighted by molar-refractivity contribution is 5.75. The van der Waals surface area contributed by atoms with Gasteiger partial charge in [0, 0.05) is 26.4 Å². The topological polar surface area (TPSA) is 83.3 Å². The summed E-state index contributed by atoms with van der Waals surface area (Å²) in [5, 5.41) is 0. The lowest BCUT2D eigenvalue weighted by Crippen LogP contribution is -2.37. The van der Waals surface area contributed by atoms with Crippen LogP contribution in [0.4, 0.5) is 0 Å². The maximum atomic E-state index is 12.5. The molecule has 8 nitrogen and oxygen atoms in total. The predicted molar refractivity (Wildman–Crippen MR) is 93.0 cm³/mol. The molecule has 0 saturated heterocycles. The van der Waals surface area contributed by atoms with Crippen LogP contribution in [-0.2, 0) is 20.6 Å². The molecule has 0 N–H and O–H groups in total. The van der Waals surface area contributed by atoms with E-state index in [9.17, 15) is 14.4 Å². The molecule has 0 aliphatic rings. The Hall–Kier alpha value is -3.42. The molecule has 0 spiro atoms. The van der Waals surface area contributed by atoms with Crippen LogP contribution >= 0.6 is 0 Å². The summed E-state index contributed by atoms with van der Waals surface area (Å²) in [6, 6.07) is 10.9. The van der Waals surface area contributed by atoms with E-state index in [2.05, 4.69) is 4.98 Å². The van der Waals surface area contributed by atoms with E-state index in [1.807, 2.05) is 30.3 Å². The van der Waals surface area contributed by atoms with E-state index in [1.54, 1.807) is 11.4 Å². The second-order valence-corrected chi connectivity index (χ2v) is 5.89. The Balaban J connectivity index is 2.12. The lowest BCUT2D eigenvalue weighted by Gasteiger charge is -2.07. The molecule has 0 saturated carbocycles. The molecule has 0 atom stereocenters. The quantitative estimate of drug-likeness (QED) is 0.519. The lowest BCUT2D eigenvalue weighted by atomic mass is 10.2. The normalized spacial score (nSPS) is 11.4. The molecule has 4 aromatic rings. The molecule has 0 amide bonds. The fraction of sp³-hybridized carbons (Fsp3) is 0.176. The van der Waals surface area contributed by atoms with Gasteiger partial charge in [-0.15, -0.1) is 0 Å². The second-order valence-electron chi connectivity index (χ2n) is 5.89. The van der Waals surface area contributed by atoms with Crippen LogP contribution in [0, 0.1) is 0 Å².